The van der Waals surface area contributed by atoms with Crippen LogP contribution in [0.5, 0.6) is 0 Å². The van der Waals surface area contributed by atoms with E-state index in [2.05, 4.69) is 10.3 Å². The molecule has 0 spiro atoms. The number of esters is 1. The first-order valence-corrected chi connectivity index (χ1v) is 8.83. The van der Waals surface area contributed by atoms with Crippen LogP contribution in [0.3, 0.4) is 0 Å². The first-order chi connectivity index (χ1) is 13.1. The van der Waals surface area contributed by atoms with Crippen molar-refractivity contribution < 1.29 is 19.2 Å². The van der Waals surface area contributed by atoms with Crippen LogP contribution in [0.1, 0.15) is 41.8 Å². The van der Waals surface area contributed by atoms with Gasteiger partial charge in [0.1, 0.15) is 5.56 Å². The fraction of sp³-hybridized carbons (Fsp3) is 0.368. The zero-order valence-corrected chi connectivity index (χ0v) is 15.0. The molecule has 8 nitrogen and oxygen atoms in total. The van der Waals surface area contributed by atoms with Crippen molar-refractivity contribution in [3.8, 4) is 0 Å². The maximum Gasteiger partial charge on any atom is 0.345 e. The van der Waals surface area contributed by atoms with E-state index < -0.39 is 10.9 Å². The summed E-state index contributed by atoms with van der Waals surface area (Å²) in [5, 5.41) is 14.7. The number of carbonyl (C=O) groups is 1. The quantitative estimate of drug-likeness (QED) is 0.471. The second-order valence-corrected chi connectivity index (χ2v) is 6.17. The standard InChI is InChI=1S/C19H21N3O5/c1-2-26-19(23)15-8-10-20-18(17(15)22(24)25)21-14-9-11-27-16(12-14)13-6-4-3-5-7-13/h3-8,10,14,16H,2,9,11-12H2,1H3,(H,20,21). The number of benzene rings is 1. The highest BCUT2D eigenvalue weighted by Gasteiger charge is 2.30. The topological polar surface area (TPSA) is 104 Å². The van der Waals surface area contributed by atoms with Crippen molar-refractivity contribution in [3.05, 3.63) is 63.8 Å². The number of rotatable bonds is 6. The zero-order valence-electron chi connectivity index (χ0n) is 15.0. The fourth-order valence-electron chi connectivity index (χ4n) is 3.14. The molecule has 2 aromatic rings. The van der Waals surface area contributed by atoms with Crippen molar-refractivity contribution >= 4 is 17.5 Å². The molecule has 1 aliphatic rings. The van der Waals surface area contributed by atoms with Crippen LogP contribution >= 0.6 is 0 Å². The number of carbonyl (C=O) groups excluding carboxylic acids is 1. The first kappa shape index (κ1) is 18.8. The molecule has 8 heteroatoms. The highest BCUT2D eigenvalue weighted by Crippen LogP contribution is 2.32. The molecule has 0 saturated carbocycles. The van der Waals surface area contributed by atoms with Gasteiger partial charge in [-0.3, -0.25) is 10.1 Å². The van der Waals surface area contributed by atoms with E-state index >= 15 is 0 Å². The van der Waals surface area contributed by atoms with Crippen LogP contribution < -0.4 is 5.32 Å². The molecule has 27 heavy (non-hydrogen) atoms. The minimum atomic E-state index is -0.733. The second-order valence-electron chi connectivity index (χ2n) is 6.17. The molecular weight excluding hydrogens is 350 g/mol. The second kappa shape index (κ2) is 8.59. The maximum atomic E-state index is 12.0. The van der Waals surface area contributed by atoms with Crippen LogP contribution in [-0.2, 0) is 9.47 Å². The van der Waals surface area contributed by atoms with E-state index in [1.807, 2.05) is 30.3 Å². The van der Waals surface area contributed by atoms with E-state index in [4.69, 9.17) is 9.47 Å². The van der Waals surface area contributed by atoms with Crippen LogP contribution in [-0.4, -0.2) is 35.1 Å². The number of hydrogen-bond acceptors (Lipinski definition) is 7. The zero-order chi connectivity index (χ0) is 19.2. The molecule has 1 aromatic carbocycles. The molecule has 1 saturated heterocycles. The molecule has 1 aliphatic heterocycles. The molecule has 0 radical (unpaired) electrons. The van der Waals surface area contributed by atoms with Gasteiger partial charge in [-0.05, 0) is 31.4 Å². The van der Waals surface area contributed by atoms with E-state index in [0.29, 0.717) is 19.4 Å². The summed E-state index contributed by atoms with van der Waals surface area (Å²) in [6.45, 7) is 2.32. The molecule has 2 unspecified atom stereocenters. The molecule has 1 fully saturated rings. The van der Waals surface area contributed by atoms with Gasteiger partial charge < -0.3 is 14.8 Å². The minimum absolute atomic E-state index is 0.0624. The van der Waals surface area contributed by atoms with Crippen LogP contribution in [0.2, 0.25) is 0 Å². The molecule has 1 N–H and O–H groups in total. The Balaban J connectivity index is 1.81. The van der Waals surface area contributed by atoms with Gasteiger partial charge in [0.15, 0.2) is 0 Å². The van der Waals surface area contributed by atoms with Gasteiger partial charge in [-0.15, -0.1) is 0 Å². The van der Waals surface area contributed by atoms with Crippen molar-refractivity contribution in [2.24, 2.45) is 0 Å². The maximum absolute atomic E-state index is 12.0. The molecule has 0 aliphatic carbocycles. The Kier molecular flexibility index (Phi) is 5.97. The lowest BCUT2D eigenvalue weighted by Crippen LogP contribution is -2.31. The summed E-state index contributed by atoms with van der Waals surface area (Å²) in [4.78, 5) is 27.1. The van der Waals surface area contributed by atoms with Gasteiger partial charge in [0, 0.05) is 18.8 Å². The number of hydrogen-bond donors (Lipinski definition) is 1. The third kappa shape index (κ3) is 4.40. The van der Waals surface area contributed by atoms with Gasteiger partial charge in [-0.25, -0.2) is 9.78 Å². The molecule has 1 aromatic heterocycles. The van der Waals surface area contributed by atoms with Crippen molar-refractivity contribution in [1.29, 1.82) is 0 Å². The third-order valence-electron chi connectivity index (χ3n) is 4.40. The lowest BCUT2D eigenvalue weighted by Gasteiger charge is -2.30. The molecular formula is C19H21N3O5. The van der Waals surface area contributed by atoms with Crippen molar-refractivity contribution in [2.75, 3.05) is 18.5 Å². The highest BCUT2D eigenvalue weighted by molar-refractivity contribution is 5.96. The summed E-state index contributed by atoms with van der Waals surface area (Å²) in [7, 11) is 0. The molecule has 2 atom stereocenters. The Labute approximate surface area is 156 Å². The van der Waals surface area contributed by atoms with Crippen molar-refractivity contribution in [1.82, 2.24) is 4.98 Å². The summed E-state index contributed by atoms with van der Waals surface area (Å²) >= 11 is 0. The number of nitro groups is 1. The first-order valence-electron chi connectivity index (χ1n) is 8.83. The number of aromatic nitrogens is 1. The Morgan fingerprint density at radius 1 is 1.37 bits per heavy atom. The number of nitrogens with zero attached hydrogens (tertiary/aromatic N) is 2. The van der Waals surface area contributed by atoms with E-state index in [9.17, 15) is 14.9 Å². The summed E-state index contributed by atoms with van der Waals surface area (Å²) in [6, 6.07) is 11.1. The summed E-state index contributed by atoms with van der Waals surface area (Å²) in [5.74, 6) is -0.659. The van der Waals surface area contributed by atoms with E-state index in [0.717, 1.165) is 5.56 Å². The summed E-state index contributed by atoms with van der Waals surface area (Å²) in [6.07, 6.45) is 2.61. The minimum Gasteiger partial charge on any atom is -0.462 e. The Morgan fingerprint density at radius 3 is 2.85 bits per heavy atom. The predicted octanol–water partition coefficient (Wildman–Crippen LogP) is 3.50. The molecule has 3 rings (SSSR count). The van der Waals surface area contributed by atoms with Crippen LogP contribution in [0.4, 0.5) is 11.5 Å². The number of nitrogens with one attached hydrogen (secondary N) is 1. The fourth-order valence-corrected chi connectivity index (χ4v) is 3.14. The molecule has 0 bridgehead atoms. The molecule has 0 amide bonds. The van der Waals surface area contributed by atoms with Crippen LogP contribution in [0.15, 0.2) is 42.6 Å². The van der Waals surface area contributed by atoms with Gasteiger partial charge in [0.05, 0.1) is 17.6 Å². The van der Waals surface area contributed by atoms with Gasteiger partial charge in [0.25, 0.3) is 0 Å². The number of anilines is 1. The average Bonchev–Trinajstić information content (AvgIpc) is 2.68. The lowest BCUT2D eigenvalue weighted by molar-refractivity contribution is -0.384. The van der Waals surface area contributed by atoms with Gasteiger partial charge in [-0.2, -0.15) is 0 Å². The number of pyridine rings is 1. The Bertz CT molecular complexity index is 812. The average molecular weight is 371 g/mol. The Morgan fingerprint density at radius 2 is 2.15 bits per heavy atom. The molecule has 2 heterocycles. The van der Waals surface area contributed by atoms with Crippen molar-refractivity contribution in [3.63, 3.8) is 0 Å². The summed E-state index contributed by atoms with van der Waals surface area (Å²) in [5.41, 5.74) is 0.594. The van der Waals surface area contributed by atoms with Crippen LogP contribution in [0.25, 0.3) is 0 Å². The van der Waals surface area contributed by atoms with Crippen LogP contribution in [0, 0.1) is 10.1 Å². The molecule has 142 valence electrons. The Hall–Kier alpha value is -3.00. The highest BCUT2D eigenvalue weighted by atomic mass is 16.6. The third-order valence-corrected chi connectivity index (χ3v) is 4.40. The van der Waals surface area contributed by atoms with E-state index in [1.54, 1.807) is 6.92 Å². The van der Waals surface area contributed by atoms with Gasteiger partial charge >= 0.3 is 11.7 Å². The largest absolute Gasteiger partial charge is 0.462 e. The normalized spacial score (nSPS) is 19.3. The van der Waals surface area contributed by atoms with Crippen molar-refractivity contribution in [2.45, 2.75) is 31.9 Å². The van der Waals surface area contributed by atoms with Gasteiger partial charge in [-0.1, -0.05) is 30.3 Å². The summed E-state index contributed by atoms with van der Waals surface area (Å²) < 4.78 is 10.8. The van der Waals surface area contributed by atoms with E-state index in [-0.39, 0.29) is 35.8 Å². The lowest BCUT2D eigenvalue weighted by atomic mass is 9.97. The smallest absolute Gasteiger partial charge is 0.345 e. The SMILES string of the molecule is CCOC(=O)c1ccnc(NC2CCOC(c3ccccc3)C2)c1[N+](=O)[O-]. The van der Waals surface area contributed by atoms with E-state index in [1.165, 1.54) is 12.3 Å². The monoisotopic (exact) mass is 371 g/mol. The van der Waals surface area contributed by atoms with Gasteiger partial charge in [0.2, 0.25) is 5.82 Å². The number of ether oxygens (including phenoxy) is 2. The predicted molar refractivity (Wildman–Crippen MR) is 98.6 cm³/mol.